The predicted octanol–water partition coefficient (Wildman–Crippen LogP) is 1.10. The van der Waals surface area contributed by atoms with Crippen molar-refractivity contribution in [3.8, 4) is 0 Å². The molecule has 0 radical (unpaired) electrons. The van der Waals surface area contributed by atoms with Crippen LogP contribution in [-0.2, 0) is 19.8 Å². The first-order valence-electron chi connectivity index (χ1n) is 7.67. The van der Waals surface area contributed by atoms with Gasteiger partial charge in [0.15, 0.2) is 0 Å². The Hall–Kier alpha value is -3.01. The SMILES string of the molecule is CC1=NS(=O)(=O)NC(C)=C1CCC(=O)ON1C(=O)c2ccccc2C1=O. The Morgan fingerprint density at radius 3 is 2.27 bits per heavy atom. The highest BCUT2D eigenvalue weighted by molar-refractivity contribution is 7.88. The highest BCUT2D eigenvalue weighted by atomic mass is 32.2. The average Bonchev–Trinajstić information content (AvgIpc) is 2.78. The molecule has 2 aliphatic heterocycles. The number of rotatable bonds is 4. The molecule has 26 heavy (non-hydrogen) atoms. The zero-order chi connectivity index (χ0) is 19.1. The molecule has 0 saturated carbocycles. The highest BCUT2D eigenvalue weighted by Crippen LogP contribution is 2.24. The van der Waals surface area contributed by atoms with Gasteiger partial charge in [-0.3, -0.25) is 14.3 Å². The molecule has 0 bridgehead atoms. The molecule has 0 saturated heterocycles. The minimum absolute atomic E-state index is 0.145. The number of nitrogens with zero attached hydrogens (tertiary/aromatic N) is 2. The molecule has 10 heteroatoms. The Morgan fingerprint density at radius 2 is 1.73 bits per heavy atom. The van der Waals surface area contributed by atoms with Gasteiger partial charge in [-0.05, 0) is 38.0 Å². The number of nitrogens with one attached hydrogen (secondary N) is 1. The van der Waals surface area contributed by atoms with Crippen LogP contribution in [0.4, 0.5) is 0 Å². The van der Waals surface area contributed by atoms with Crippen molar-refractivity contribution >= 4 is 33.7 Å². The highest BCUT2D eigenvalue weighted by Gasteiger charge is 2.38. The largest absolute Gasteiger partial charge is 0.342 e. The summed E-state index contributed by atoms with van der Waals surface area (Å²) < 4.78 is 28.7. The van der Waals surface area contributed by atoms with Gasteiger partial charge in [0.2, 0.25) is 0 Å². The molecule has 0 spiro atoms. The van der Waals surface area contributed by atoms with Crippen LogP contribution in [0.25, 0.3) is 0 Å². The molecule has 1 aromatic rings. The van der Waals surface area contributed by atoms with E-state index in [0.29, 0.717) is 16.3 Å². The van der Waals surface area contributed by atoms with Crippen LogP contribution in [0.1, 0.15) is 47.4 Å². The van der Waals surface area contributed by atoms with Crippen molar-refractivity contribution in [2.45, 2.75) is 26.7 Å². The average molecular weight is 377 g/mol. The van der Waals surface area contributed by atoms with Crippen molar-refractivity contribution < 1.29 is 27.6 Å². The van der Waals surface area contributed by atoms with Crippen LogP contribution < -0.4 is 4.72 Å². The summed E-state index contributed by atoms with van der Waals surface area (Å²) in [7, 11) is -3.75. The van der Waals surface area contributed by atoms with Gasteiger partial charge < -0.3 is 4.84 Å². The number of benzene rings is 1. The van der Waals surface area contributed by atoms with E-state index in [1.54, 1.807) is 19.1 Å². The third kappa shape index (κ3) is 3.23. The number of amides is 2. The quantitative estimate of drug-likeness (QED) is 0.784. The van der Waals surface area contributed by atoms with Gasteiger partial charge in [-0.1, -0.05) is 17.2 Å². The maximum absolute atomic E-state index is 12.1. The van der Waals surface area contributed by atoms with Crippen LogP contribution in [0.5, 0.6) is 0 Å². The van der Waals surface area contributed by atoms with Crippen molar-refractivity contribution in [2.75, 3.05) is 0 Å². The Kier molecular flexibility index (Phi) is 4.36. The lowest BCUT2D eigenvalue weighted by Gasteiger charge is -2.18. The lowest BCUT2D eigenvalue weighted by molar-refractivity contribution is -0.168. The first-order chi connectivity index (χ1) is 12.2. The molecule has 0 aromatic heterocycles. The van der Waals surface area contributed by atoms with Crippen LogP contribution in [0.3, 0.4) is 0 Å². The second-order valence-electron chi connectivity index (χ2n) is 5.77. The zero-order valence-corrected chi connectivity index (χ0v) is 14.8. The molecule has 0 unspecified atom stereocenters. The Bertz CT molecular complexity index is 958. The van der Waals surface area contributed by atoms with Gasteiger partial charge in [-0.25, -0.2) is 4.79 Å². The normalized spacial score (nSPS) is 18.4. The molecule has 1 aromatic carbocycles. The number of carbonyl (C=O) groups excluding carboxylic acids is 3. The summed E-state index contributed by atoms with van der Waals surface area (Å²) in [6, 6.07) is 6.17. The van der Waals surface area contributed by atoms with E-state index in [1.807, 2.05) is 0 Å². The second kappa shape index (κ2) is 6.37. The maximum atomic E-state index is 12.1. The van der Waals surface area contributed by atoms with Gasteiger partial charge in [0.05, 0.1) is 23.3 Å². The molecular weight excluding hydrogens is 362 g/mol. The topological polar surface area (TPSA) is 122 Å². The van der Waals surface area contributed by atoms with Crippen LogP contribution in [-0.4, -0.2) is 37.0 Å². The van der Waals surface area contributed by atoms with E-state index in [2.05, 4.69) is 9.12 Å². The molecule has 2 aliphatic rings. The summed E-state index contributed by atoms with van der Waals surface area (Å²) in [4.78, 5) is 41.3. The van der Waals surface area contributed by atoms with E-state index in [1.165, 1.54) is 19.1 Å². The molecule has 1 N–H and O–H groups in total. The molecule has 136 valence electrons. The minimum atomic E-state index is -3.75. The number of hydrogen-bond donors (Lipinski definition) is 1. The minimum Gasteiger partial charge on any atom is -0.330 e. The fourth-order valence-corrected chi connectivity index (χ4v) is 3.80. The van der Waals surface area contributed by atoms with Crippen molar-refractivity contribution in [2.24, 2.45) is 4.40 Å². The van der Waals surface area contributed by atoms with Crippen molar-refractivity contribution in [3.05, 3.63) is 46.7 Å². The fourth-order valence-electron chi connectivity index (χ4n) is 2.78. The first kappa shape index (κ1) is 17.8. The van der Waals surface area contributed by atoms with Crippen molar-refractivity contribution in [1.29, 1.82) is 0 Å². The van der Waals surface area contributed by atoms with E-state index in [-0.39, 0.29) is 29.7 Å². The summed E-state index contributed by atoms with van der Waals surface area (Å²) in [5, 5.41) is 0.443. The van der Waals surface area contributed by atoms with Crippen molar-refractivity contribution in [1.82, 2.24) is 9.79 Å². The molecular formula is C16H15N3O6S. The number of hydrogen-bond acceptors (Lipinski definition) is 6. The van der Waals surface area contributed by atoms with E-state index in [9.17, 15) is 22.8 Å². The van der Waals surface area contributed by atoms with Crippen LogP contribution in [0, 0.1) is 0 Å². The number of fused-ring (bicyclic) bond motifs is 1. The Labute approximate surface area is 149 Å². The third-order valence-corrected chi connectivity index (χ3v) is 5.04. The van der Waals surface area contributed by atoms with Gasteiger partial charge in [0.25, 0.3) is 11.8 Å². The summed E-state index contributed by atoms with van der Waals surface area (Å²) in [6.07, 6.45) is -0.0135. The molecule has 0 atom stereocenters. The zero-order valence-electron chi connectivity index (χ0n) is 14.0. The lowest BCUT2D eigenvalue weighted by Crippen LogP contribution is -2.33. The Balaban J connectivity index is 1.65. The monoisotopic (exact) mass is 377 g/mol. The van der Waals surface area contributed by atoms with E-state index < -0.39 is 28.0 Å². The summed E-state index contributed by atoms with van der Waals surface area (Å²) in [6.45, 7) is 3.08. The van der Waals surface area contributed by atoms with Gasteiger partial charge in [-0.15, -0.1) is 4.40 Å². The van der Waals surface area contributed by atoms with E-state index in [0.717, 1.165) is 0 Å². The number of hydroxylamine groups is 2. The number of imide groups is 1. The van der Waals surface area contributed by atoms with Gasteiger partial charge in [0.1, 0.15) is 0 Å². The van der Waals surface area contributed by atoms with Crippen LogP contribution in [0.2, 0.25) is 0 Å². The van der Waals surface area contributed by atoms with Gasteiger partial charge in [0, 0.05) is 5.70 Å². The number of allylic oxidation sites excluding steroid dienone is 2. The van der Waals surface area contributed by atoms with E-state index >= 15 is 0 Å². The fraction of sp³-hybridized carbons (Fsp3) is 0.250. The third-order valence-electron chi connectivity index (χ3n) is 3.96. The summed E-state index contributed by atoms with van der Waals surface area (Å²) >= 11 is 0. The summed E-state index contributed by atoms with van der Waals surface area (Å²) in [5.74, 6) is -2.18. The molecule has 0 aliphatic carbocycles. The smallest absolute Gasteiger partial charge is 0.330 e. The van der Waals surface area contributed by atoms with E-state index in [4.69, 9.17) is 4.84 Å². The maximum Gasteiger partial charge on any atom is 0.342 e. The molecule has 9 nitrogen and oxygen atoms in total. The van der Waals surface area contributed by atoms with Gasteiger partial charge >= 0.3 is 16.2 Å². The van der Waals surface area contributed by atoms with Gasteiger partial charge in [-0.2, -0.15) is 8.42 Å². The molecule has 0 fully saturated rings. The predicted molar refractivity (Wildman–Crippen MR) is 90.1 cm³/mol. The second-order valence-corrected chi connectivity index (χ2v) is 7.11. The summed E-state index contributed by atoms with van der Waals surface area (Å²) in [5.41, 5.74) is 1.54. The Morgan fingerprint density at radius 1 is 1.15 bits per heavy atom. The van der Waals surface area contributed by atoms with Crippen LogP contribution in [0.15, 0.2) is 39.9 Å². The molecule has 2 heterocycles. The molecule has 2 amide bonds. The molecule has 3 rings (SSSR count). The standard InChI is InChI=1S/C16H15N3O6S/c1-9-11(10(2)18-26(23,24)17-9)7-8-14(20)25-19-15(21)12-5-3-4-6-13(12)16(19)22/h3-6,17H,7-8H2,1-2H3. The lowest BCUT2D eigenvalue weighted by atomic mass is 10.0. The van der Waals surface area contributed by atoms with Crippen molar-refractivity contribution in [3.63, 3.8) is 0 Å². The van der Waals surface area contributed by atoms with Crippen LogP contribution >= 0.6 is 0 Å². The number of carbonyl (C=O) groups is 3. The first-order valence-corrected chi connectivity index (χ1v) is 9.11.